The van der Waals surface area contributed by atoms with Gasteiger partial charge in [0.2, 0.25) is 0 Å². The molecule has 7 nitrogen and oxygen atoms in total. The van der Waals surface area contributed by atoms with Crippen LogP contribution in [0.4, 0.5) is 0 Å². The molecule has 1 N–H and O–H groups in total. The summed E-state index contributed by atoms with van der Waals surface area (Å²) in [6.07, 6.45) is 5.27. The summed E-state index contributed by atoms with van der Waals surface area (Å²) < 4.78 is 8.24. The molecule has 0 saturated carbocycles. The largest absolute Gasteiger partial charge is 0.496 e. The number of nitrogens with one attached hydrogen (secondary N) is 1. The van der Waals surface area contributed by atoms with E-state index in [-0.39, 0.29) is 11.2 Å². The molecule has 0 saturated heterocycles. The van der Waals surface area contributed by atoms with E-state index in [0.29, 0.717) is 36.5 Å². The first-order valence-corrected chi connectivity index (χ1v) is 9.97. The van der Waals surface area contributed by atoms with Crippen LogP contribution in [0.1, 0.15) is 49.2 Å². The number of H-pyrrole nitrogens is 1. The van der Waals surface area contributed by atoms with Gasteiger partial charge in [-0.25, -0.2) is 9.78 Å². The predicted molar refractivity (Wildman–Crippen MR) is 117 cm³/mol. The first-order chi connectivity index (χ1) is 13.9. The summed E-state index contributed by atoms with van der Waals surface area (Å²) in [5.41, 5.74) is 3.33. The maximum Gasteiger partial charge on any atom is 0.332 e. The Morgan fingerprint density at radius 3 is 2.38 bits per heavy atom. The lowest BCUT2D eigenvalue weighted by Gasteiger charge is -2.09. The lowest BCUT2D eigenvalue weighted by atomic mass is 10.0. The number of benzene rings is 1. The molecule has 2 aromatic heterocycles. The predicted octanol–water partition coefficient (Wildman–Crippen LogP) is 3.50. The third-order valence-corrected chi connectivity index (χ3v) is 4.98. The first-order valence-electron chi connectivity index (χ1n) is 9.97. The van der Waals surface area contributed by atoms with E-state index in [4.69, 9.17) is 4.74 Å². The molecule has 0 aliphatic heterocycles. The molecular weight excluding hydrogens is 368 g/mol. The van der Waals surface area contributed by atoms with E-state index >= 15 is 0 Å². The molecule has 0 spiro atoms. The Bertz CT molecular complexity index is 1180. The van der Waals surface area contributed by atoms with Crippen molar-refractivity contribution in [3.05, 3.63) is 55.5 Å². The van der Waals surface area contributed by atoms with Crippen molar-refractivity contribution in [3.8, 4) is 5.75 Å². The van der Waals surface area contributed by atoms with E-state index < -0.39 is 0 Å². The number of aromatic amines is 1. The second-order valence-electron chi connectivity index (χ2n) is 7.22. The number of hydrogen-bond acceptors (Lipinski definition) is 4. The summed E-state index contributed by atoms with van der Waals surface area (Å²) in [6.45, 7) is 8.87. The molecule has 0 unspecified atom stereocenters. The summed E-state index contributed by atoms with van der Waals surface area (Å²) >= 11 is 0. The number of methoxy groups -OCH3 is 1. The van der Waals surface area contributed by atoms with Crippen molar-refractivity contribution in [1.82, 2.24) is 19.1 Å². The number of nitrogens with zero attached hydrogens (tertiary/aromatic N) is 3. The Morgan fingerprint density at radius 2 is 1.72 bits per heavy atom. The standard InChI is InChI=1S/C22H28N4O3/c1-6-10-25-20-19(21(27)26(11-7-2)22(25)28)23-18(24-20)9-8-16-12-15(4)17(29-5)13-14(16)3/h8-9,12-13H,6-7,10-11H2,1-5H3,(H,23,24)/b9-8+. The minimum Gasteiger partial charge on any atom is -0.496 e. The maximum absolute atomic E-state index is 12.8. The van der Waals surface area contributed by atoms with E-state index in [0.717, 1.165) is 28.9 Å². The molecule has 7 heteroatoms. The van der Waals surface area contributed by atoms with Crippen LogP contribution in [0, 0.1) is 13.8 Å². The fourth-order valence-electron chi connectivity index (χ4n) is 3.49. The topological polar surface area (TPSA) is 81.9 Å². The van der Waals surface area contributed by atoms with Crippen molar-refractivity contribution >= 4 is 23.3 Å². The molecule has 0 atom stereocenters. The normalized spacial score (nSPS) is 11.6. The lowest BCUT2D eigenvalue weighted by molar-refractivity contribution is 0.411. The van der Waals surface area contributed by atoms with Gasteiger partial charge in [-0.3, -0.25) is 13.9 Å². The molecule has 0 aliphatic rings. The van der Waals surface area contributed by atoms with Gasteiger partial charge in [0.25, 0.3) is 5.56 Å². The fourth-order valence-corrected chi connectivity index (χ4v) is 3.49. The highest BCUT2D eigenvalue weighted by molar-refractivity contribution is 5.76. The molecule has 0 amide bonds. The number of imidazole rings is 1. The highest BCUT2D eigenvalue weighted by Gasteiger charge is 2.16. The van der Waals surface area contributed by atoms with E-state index in [1.165, 1.54) is 4.57 Å². The van der Waals surface area contributed by atoms with Gasteiger partial charge >= 0.3 is 5.69 Å². The van der Waals surface area contributed by atoms with Crippen LogP contribution >= 0.6 is 0 Å². The Kier molecular flexibility index (Phi) is 6.06. The number of rotatable bonds is 7. The molecule has 0 fully saturated rings. The van der Waals surface area contributed by atoms with Crippen LogP contribution in [0.2, 0.25) is 0 Å². The third kappa shape index (κ3) is 3.90. The zero-order chi connectivity index (χ0) is 21.1. The Labute approximate surface area is 169 Å². The van der Waals surface area contributed by atoms with Crippen molar-refractivity contribution in [2.45, 2.75) is 53.6 Å². The average molecular weight is 396 g/mol. The Balaban J connectivity index is 2.10. The van der Waals surface area contributed by atoms with Crippen molar-refractivity contribution in [1.29, 1.82) is 0 Å². The Hall–Kier alpha value is -3.09. The average Bonchev–Trinajstić information content (AvgIpc) is 3.13. The molecule has 3 rings (SSSR count). The van der Waals surface area contributed by atoms with Crippen LogP contribution in [-0.2, 0) is 13.1 Å². The lowest BCUT2D eigenvalue weighted by Crippen LogP contribution is -2.40. The van der Waals surface area contributed by atoms with Gasteiger partial charge < -0.3 is 9.72 Å². The summed E-state index contributed by atoms with van der Waals surface area (Å²) in [7, 11) is 1.66. The van der Waals surface area contributed by atoms with Crippen LogP contribution in [0.3, 0.4) is 0 Å². The van der Waals surface area contributed by atoms with Gasteiger partial charge in [0, 0.05) is 13.1 Å². The molecule has 154 valence electrons. The maximum atomic E-state index is 12.8. The highest BCUT2D eigenvalue weighted by Crippen LogP contribution is 2.23. The second kappa shape index (κ2) is 8.51. The molecule has 0 radical (unpaired) electrons. The zero-order valence-electron chi connectivity index (χ0n) is 17.7. The van der Waals surface area contributed by atoms with E-state index in [2.05, 4.69) is 16.0 Å². The molecular formula is C22H28N4O3. The summed E-state index contributed by atoms with van der Waals surface area (Å²) in [5, 5.41) is 0. The highest BCUT2D eigenvalue weighted by atomic mass is 16.5. The number of aryl methyl sites for hydroxylation is 3. The van der Waals surface area contributed by atoms with Crippen LogP contribution in [-0.4, -0.2) is 26.2 Å². The second-order valence-corrected chi connectivity index (χ2v) is 7.22. The van der Waals surface area contributed by atoms with Crippen molar-refractivity contribution in [2.75, 3.05) is 7.11 Å². The van der Waals surface area contributed by atoms with Gasteiger partial charge in [-0.2, -0.15) is 0 Å². The van der Waals surface area contributed by atoms with E-state index in [1.54, 1.807) is 11.7 Å². The quantitative estimate of drug-likeness (QED) is 0.663. The van der Waals surface area contributed by atoms with Gasteiger partial charge in [-0.15, -0.1) is 0 Å². The Morgan fingerprint density at radius 1 is 1.03 bits per heavy atom. The molecule has 29 heavy (non-hydrogen) atoms. The van der Waals surface area contributed by atoms with Crippen LogP contribution in [0.5, 0.6) is 5.75 Å². The van der Waals surface area contributed by atoms with Crippen molar-refractivity contribution < 1.29 is 4.74 Å². The molecule has 2 heterocycles. The van der Waals surface area contributed by atoms with Crippen LogP contribution < -0.4 is 16.0 Å². The van der Waals surface area contributed by atoms with Crippen LogP contribution in [0.25, 0.3) is 23.3 Å². The van der Waals surface area contributed by atoms with Crippen molar-refractivity contribution in [3.63, 3.8) is 0 Å². The molecule has 0 bridgehead atoms. The summed E-state index contributed by atoms with van der Waals surface area (Å²) in [5.74, 6) is 1.40. The summed E-state index contributed by atoms with van der Waals surface area (Å²) in [6, 6.07) is 4.05. The van der Waals surface area contributed by atoms with Crippen LogP contribution in [0.15, 0.2) is 21.7 Å². The van der Waals surface area contributed by atoms with Gasteiger partial charge in [-0.1, -0.05) is 19.9 Å². The van der Waals surface area contributed by atoms with Gasteiger partial charge in [-0.05, 0) is 61.6 Å². The SMILES string of the molecule is CCCn1c(=O)c2[nH]c(/C=C/c3cc(C)c(OC)cc3C)nc2n(CCC)c1=O. The number of fused-ring (bicyclic) bond motifs is 1. The number of ether oxygens (including phenoxy) is 1. The molecule has 3 aromatic rings. The minimum atomic E-state index is -0.317. The smallest absolute Gasteiger partial charge is 0.332 e. The van der Waals surface area contributed by atoms with Gasteiger partial charge in [0.15, 0.2) is 5.65 Å². The minimum absolute atomic E-state index is 0.296. The fraction of sp³-hybridized carbons (Fsp3) is 0.409. The monoisotopic (exact) mass is 396 g/mol. The third-order valence-electron chi connectivity index (χ3n) is 4.98. The van der Waals surface area contributed by atoms with E-state index in [9.17, 15) is 9.59 Å². The van der Waals surface area contributed by atoms with Gasteiger partial charge in [0.05, 0.1) is 7.11 Å². The molecule has 1 aromatic carbocycles. The first kappa shape index (κ1) is 20.6. The van der Waals surface area contributed by atoms with E-state index in [1.807, 2.05) is 45.9 Å². The zero-order valence-corrected chi connectivity index (χ0v) is 17.7. The number of hydrogen-bond donors (Lipinski definition) is 1. The molecule has 0 aliphatic carbocycles. The summed E-state index contributed by atoms with van der Waals surface area (Å²) in [4.78, 5) is 33.2. The van der Waals surface area contributed by atoms with Gasteiger partial charge in [0.1, 0.15) is 17.1 Å². The number of aromatic nitrogens is 4. The van der Waals surface area contributed by atoms with Crippen molar-refractivity contribution in [2.24, 2.45) is 0 Å².